The molecule has 0 bridgehead atoms. The van der Waals surface area contributed by atoms with Crippen LogP contribution in [-0.4, -0.2) is 37.0 Å². The number of hydrogen-bond donors (Lipinski definition) is 2. The van der Waals surface area contributed by atoms with Gasteiger partial charge in [-0.25, -0.2) is 0 Å². The highest BCUT2D eigenvalue weighted by Crippen LogP contribution is 2.16. The molecule has 0 aliphatic carbocycles. The van der Waals surface area contributed by atoms with Gasteiger partial charge in [-0.3, -0.25) is 9.69 Å². The van der Waals surface area contributed by atoms with E-state index in [9.17, 15) is 4.79 Å². The van der Waals surface area contributed by atoms with Crippen LogP contribution in [0.4, 0.5) is 0 Å². The Morgan fingerprint density at radius 1 is 1.43 bits per heavy atom. The van der Waals surface area contributed by atoms with Gasteiger partial charge in [-0.15, -0.1) is 0 Å². The van der Waals surface area contributed by atoms with Gasteiger partial charge in [-0.1, -0.05) is 25.1 Å². The first-order valence-corrected chi connectivity index (χ1v) is 8.01. The molecule has 0 spiro atoms. The topological polar surface area (TPSA) is 44.4 Å². The summed E-state index contributed by atoms with van der Waals surface area (Å²) in [6, 6.07) is 6.56. The average molecular weight is 287 g/mol. The molecule has 2 heterocycles. The minimum Gasteiger partial charge on any atom is -0.351 e. The van der Waals surface area contributed by atoms with E-state index in [0.717, 1.165) is 38.5 Å². The largest absolute Gasteiger partial charge is 0.351 e. The Hall–Kier alpha value is -1.39. The maximum Gasteiger partial charge on any atom is 0.234 e. The fourth-order valence-electron chi connectivity index (χ4n) is 3.27. The highest BCUT2D eigenvalue weighted by molar-refractivity contribution is 5.78. The molecule has 4 nitrogen and oxygen atoms in total. The lowest BCUT2D eigenvalue weighted by molar-refractivity contribution is -0.122. The van der Waals surface area contributed by atoms with Crippen LogP contribution >= 0.6 is 0 Å². The smallest absolute Gasteiger partial charge is 0.234 e. The lowest BCUT2D eigenvalue weighted by Crippen LogP contribution is -2.35. The van der Waals surface area contributed by atoms with Gasteiger partial charge in [0.25, 0.3) is 0 Å². The maximum absolute atomic E-state index is 12.0. The second-order valence-corrected chi connectivity index (χ2v) is 6.44. The summed E-state index contributed by atoms with van der Waals surface area (Å²) in [6.45, 7) is 7.56. The summed E-state index contributed by atoms with van der Waals surface area (Å²) in [5.41, 5.74) is 4.02. The minimum absolute atomic E-state index is 0.142. The van der Waals surface area contributed by atoms with Crippen molar-refractivity contribution in [2.75, 3.05) is 26.2 Å². The van der Waals surface area contributed by atoms with Gasteiger partial charge in [-0.2, -0.15) is 0 Å². The van der Waals surface area contributed by atoms with E-state index >= 15 is 0 Å². The van der Waals surface area contributed by atoms with Crippen LogP contribution in [0.5, 0.6) is 0 Å². The first kappa shape index (κ1) is 14.5. The fourth-order valence-corrected chi connectivity index (χ4v) is 3.27. The molecule has 1 atom stereocenters. The molecule has 2 aliphatic rings. The van der Waals surface area contributed by atoms with Crippen LogP contribution < -0.4 is 10.6 Å². The second-order valence-electron chi connectivity index (χ2n) is 6.44. The van der Waals surface area contributed by atoms with Gasteiger partial charge in [0.05, 0.1) is 6.54 Å². The number of benzene rings is 1. The summed E-state index contributed by atoms with van der Waals surface area (Å²) in [6.07, 6.45) is 2.30. The van der Waals surface area contributed by atoms with Crippen molar-refractivity contribution >= 4 is 5.91 Å². The van der Waals surface area contributed by atoms with Crippen molar-refractivity contribution in [1.82, 2.24) is 15.5 Å². The Bertz CT molecular complexity index is 515. The highest BCUT2D eigenvalue weighted by atomic mass is 16.2. The molecular weight excluding hydrogens is 262 g/mol. The number of fused-ring (bicyclic) bond motifs is 1. The normalized spacial score (nSPS) is 22.0. The molecule has 114 valence electrons. The molecule has 1 unspecified atom stereocenters. The zero-order chi connectivity index (χ0) is 14.7. The molecule has 2 aliphatic heterocycles. The molecular formula is C17H25N3O. The summed E-state index contributed by atoms with van der Waals surface area (Å²) in [5, 5.41) is 6.43. The van der Waals surface area contributed by atoms with E-state index in [-0.39, 0.29) is 5.91 Å². The van der Waals surface area contributed by atoms with Gasteiger partial charge >= 0.3 is 0 Å². The lowest BCUT2D eigenvalue weighted by atomic mass is 9.98. The summed E-state index contributed by atoms with van der Waals surface area (Å²) in [7, 11) is 0. The Kier molecular flexibility index (Phi) is 4.56. The number of hydrogen-bond acceptors (Lipinski definition) is 3. The van der Waals surface area contributed by atoms with Gasteiger partial charge in [0.2, 0.25) is 5.91 Å². The number of carbonyl (C=O) groups is 1. The molecule has 2 N–H and O–H groups in total. The predicted octanol–water partition coefficient (Wildman–Crippen LogP) is 1.29. The molecule has 21 heavy (non-hydrogen) atoms. The number of carbonyl (C=O) groups excluding carboxylic acids is 1. The Morgan fingerprint density at radius 2 is 2.33 bits per heavy atom. The quantitative estimate of drug-likeness (QED) is 0.877. The zero-order valence-corrected chi connectivity index (χ0v) is 12.8. The summed E-state index contributed by atoms with van der Waals surface area (Å²) in [5.74, 6) is 0.871. The maximum atomic E-state index is 12.0. The third-order valence-corrected chi connectivity index (χ3v) is 4.52. The van der Waals surface area contributed by atoms with Gasteiger partial charge in [0, 0.05) is 19.6 Å². The summed E-state index contributed by atoms with van der Waals surface area (Å²) < 4.78 is 0. The number of nitrogens with zero attached hydrogens (tertiary/aromatic N) is 1. The molecule has 1 amide bonds. The molecule has 0 saturated carbocycles. The molecule has 0 radical (unpaired) electrons. The minimum atomic E-state index is 0.142. The fraction of sp³-hybridized carbons (Fsp3) is 0.588. The lowest BCUT2D eigenvalue weighted by Gasteiger charge is -2.18. The average Bonchev–Trinajstić information content (AvgIpc) is 2.90. The van der Waals surface area contributed by atoms with Crippen molar-refractivity contribution < 1.29 is 4.79 Å². The zero-order valence-electron chi connectivity index (χ0n) is 12.8. The first-order valence-electron chi connectivity index (χ1n) is 8.01. The van der Waals surface area contributed by atoms with Crippen LogP contribution in [0, 0.1) is 5.92 Å². The van der Waals surface area contributed by atoms with Crippen molar-refractivity contribution in [2.24, 2.45) is 5.92 Å². The SMILES string of the molecule is CC1CCN(CC(=O)NCc2ccc3c(c2)CCNC3)C1. The summed E-state index contributed by atoms with van der Waals surface area (Å²) in [4.78, 5) is 14.3. The van der Waals surface area contributed by atoms with Gasteiger partial charge in [-0.05, 0) is 48.5 Å². The second kappa shape index (κ2) is 6.58. The van der Waals surface area contributed by atoms with Gasteiger partial charge in [0.1, 0.15) is 0 Å². The number of rotatable bonds is 4. The van der Waals surface area contributed by atoms with Gasteiger partial charge < -0.3 is 10.6 Å². The number of nitrogens with one attached hydrogen (secondary N) is 2. The first-order chi connectivity index (χ1) is 10.2. The van der Waals surface area contributed by atoms with E-state index in [1.165, 1.54) is 23.1 Å². The molecule has 0 aromatic heterocycles. The standard InChI is InChI=1S/C17H25N3O/c1-13-5-7-20(11-13)12-17(21)19-9-14-2-3-16-10-18-6-4-15(16)8-14/h2-3,8,13,18H,4-7,9-12H2,1H3,(H,19,21). The Morgan fingerprint density at radius 3 is 3.14 bits per heavy atom. The summed E-state index contributed by atoms with van der Waals surface area (Å²) >= 11 is 0. The molecule has 4 heteroatoms. The van der Waals surface area contributed by atoms with Crippen molar-refractivity contribution in [3.05, 3.63) is 34.9 Å². The van der Waals surface area contributed by atoms with Crippen LogP contribution in [0.1, 0.15) is 30.0 Å². The van der Waals surface area contributed by atoms with E-state index in [1.54, 1.807) is 0 Å². The molecule has 1 saturated heterocycles. The molecule has 3 rings (SSSR count). The molecule has 1 aromatic rings. The van der Waals surface area contributed by atoms with Crippen LogP contribution in [-0.2, 0) is 24.3 Å². The third-order valence-electron chi connectivity index (χ3n) is 4.52. The Balaban J connectivity index is 1.49. The van der Waals surface area contributed by atoms with E-state index in [2.05, 4.69) is 40.7 Å². The highest BCUT2D eigenvalue weighted by Gasteiger charge is 2.20. The van der Waals surface area contributed by atoms with Crippen LogP contribution in [0.15, 0.2) is 18.2 Å². The monoisotopic (exact) mass is 287 g/mol. The number of amides is 1. The van der Waals surface area contributed by atoms with Crippen LogP contribution in [0.3, 0.4) is 0 Å². The third kappa shape index (κ3) is 3.83. The predicted molar refractivity (Wildman–Crippen MR) is 83.9 cm³/mol. The van der Waals surface area contributed by atoms with E-state index in [1.807, 2.05) is 0 Å². The number of likely N-dealkylation sites (tertiary alicyclic amines) is 1. The van der Waals surface area contributed by atoms with Crippen LogP contribution in [0.25, 0.3) is 0 Å². The molecule has 1 aromatic carbocycles. The van der Waals surface area contributed by atoms with Crippen molar-refractivity contribution in [2.45, 2.75) is 32.9 Å². The molecule has 1 fully saturated rings. The van der Waals surface area contributed by atoms with Gasteiger partial charge in [0.15, 0.2) is 0 Å². The van der Waals surface area contributed by atoms with E-state index < -0.39 is 0 Å². The Labute approximate surface area is 126 Å². The van der Waals surface area contributed by atoms with Crippen molar-refractivity contribution in [1.29, 1.82) is 0 Å². The van der Waals surface area contributed by atoms with E-state index in [4.69, 9.17) is 0 Å². The van der Waals surface area contributed by atoms with Crippen molar-refractivity contribution in [3.8, 4) is 0 Å². The van der Waals surface area contributed by atoms with Crippen LogP contribution in [0.2, 0.25) is 0 Å². The van der Waals surface area contributed by atoms with E-state index in [0.29, 0.717) is 13.1 Å². The van der Waals surface area contributed by atoms with Crippen molar-refractivity contribution in [3.63, 3.8) is 0 Å².